The summed E-state index contributed by atoms with van der Waals surface area (Å²) in [5, 5.41) is 0. The molecule has 1 aliphatic heterocycles. The molecular formula is C13H26N2O2S. The fraction of sp³-hybridized carbons (Fsp3) is 1.00. The SMILES string of the molecule is CC1(C)CC1C(N)CC1CCCN(S(C)(=O)=O)C1. The van der Waals surface area contributed by atoms with Gasteiger partial charge in [0.25, 0.3) is 0 Å². The maximum atomic E-state index is 11.6. The molecule has 0 aromatic rings. The minimum Gasteiger partial charge on any atom is -0.327 e. The molecule has 4 nitrogen and oxygen atoms in total. The van der Waals surface area contributed by atoms with Gasteiger partial charge in [0.15, 0.2) is 0 Å². The van der Waals surface area contributed by atoms with Crippen LogP contribution in [0.2, 0.25) is 0 Å². The lowest BCUT2D eigenvalue weighted by atomic mass is 9.89. The van der Waals surface area contributed by atoms with Gasteiger partial charge in [-0.15, -0.1) is 0 Å². The second kappa shape index (κ2) is 4.76. The van der Waals surface area contributed by atoms with Gasteiger partial charge in [-0.05, 0) is 42.9 Å². The van der Waals surface area contributed by atoms with E-state index in [0.717, 1.165) is 19.3 Å². The molecule has 5 heteroatoms. The predicted octanol–water partition coefficient (Wildman–Crippen LogP) is 1.42. The molecule has 2 aliphatic rings. The van der Waals surface area contributed by atoms with Gasteiger partial charge in [-0.2, -0.15) is 0 Å². The molecule has 3 atom stereocenters. The maximum absolute atomic E-state index is 11.6. The van der Waals surface area contributed by atoms with Crippen molar-refractivity contribution in [2.75, 3.05) is 19.3 Å². The van der Waals surface area contributed by atoms with Crippen molar-refractivity contribution in [1.82, 2.24) is 4.31 Å². The Bertz CT molecular complexity index is 405. The van der Waals surface area contributed by atoms with Gasteiger partial charge < -0.3 is 5.73 Å². The fourth-order valence-electron chi connectivity index (χ4n) is 3.31. The van der Waals surface area contributed by atoms with Gasteiger partial charge in [-0.25, -0.2) is 12.7 Å². The molecule has 1 heterocycles. The van der Waals surface area contributed by atoms with Crippen molar-refractivity contribution in [2.24, 2.45) is 23.0 Å². The van der Waals surface area contributed by atoms with Crippen LogP contribution < -0.4 is 5.73 Å². The summed E-state index contributed by atoms with van der Waals surface area (Å²) >= 11 is 0. The third-order valence-corrected chi connectivity index (χ3v) is 5.93. The van der Waals surface area contributed by atoms with E-state index in [-0.39, 0.29) is 6.04 Å². The monoisotopic (exact) mass is 274 g/mol. The zero-order chi connectivity index (χ0) is 13.6. The Morgan fingerprint density at radius 1 is 1.44 bits per heavy atom. The van der Waals surface area contributed by atoms with Gasteiger partial charge in [0.05, 0.1) is 6.26 Å². The Balaban J connectivity index is 1.87. The van der Waals surface area contributed by atoms with E-state index < -0.39 is 10.0 Å². The summed E-state index contributed by atoms with van der Waals surface area (Å²) in [4.78, 5) is 0. The highest BCUT2D eigenvalue weighted by Gasteiger charge is 2.49. The molecule has 0 spiro atoms. The third-order valence-electron chi connectivity index (χ3n) is 4.66. The summed E-state index contributed by atoms with van der Waals surface area (Å²) in [5.74, 6) is 1.07. The lowest BCUT2D eigenvalue weighted by Gasteiger charge is -2.32. The molecule has 106 valence electrons. The molecule has 0 radical (unpaired) electrons. The van der Waals surface area contributed by atoms with Crippen molar-refractivity contribution in [3.8, 4) is 0 Å². The van der Waals surface area contributed by atoms with Crippen molar-refractivity contribution in [3.05, 3.63) is 0 Å². The van der Waals surface area contributed by atoms with E-state index in [4.69, 9.17) is 5.73 Å². The van der Waals surface area contributed by atoms with Crippen molar-refractivity contribution >= 4 is 10.0 Å². The predicted molar refractivity (Wildman–Crippen MR) is 73.6 cm³/mol. The summed E-state index contributed by atoms with van der Waals surface area (Å²) < 4.78 is 24.7. The molecule has 1 saturated heterocycles. The first-order valence-corrected chi connectivity index (χ1v) is 8.76. The molecule has 0 amide bonds. The van der Waals surface area contributed by atoms with E-state index in [1.165, 1.54) is 12.7 Å². The smallest absolute Gasteiger partial charge is 0.211 e. The number of nitrogens with two attached hydrogens (primary N) is 1. The molecule has 0 bridgehead atoms. The summed E-state index contributed by atoms with van der Waals surface area (Å²) in [6.07, 6.45) is 5.58. The van der Waals surface area contributed by atoms with Crippen molar-refractivity contribution in [1.29, 1.82) is 0 Å². The Morgan fingerprint density at radius 3 is 2.56 bits per heavy atom. The minimum absolute atomic E-state index is 0.240. The number of sulfonamides is 1. The Kier molecular flexibility index (Phi) is 3.78. The van der Waals surface area contributed by atoms with Gasteiger partial charge in [-0.1, -0.05) is 13.8 Å². The number of nitrogens with zero attached hydrogens (tertiary/aromatic N) is 1. The molecule has 2 fully saturated rings. The maximum Gasteiger partial charge on any atom is 0.211 e. The highest BCUT2D eigenvalue weighted by Crippen LogP contribution is 2.54. The van der Waals surface area contributed by atoms with E-state index in [9.17, 15) is 8.42 Å². The van der Waals surface area contributed by atoms with Crippen molar-refractivity contribution < 1.29 is 8.42 Å². The average molecular weight is 274 g/mol. The highest BCUT2D eigenvalue weighted by atomic mass is 32.2. The minimum atomic E-state index is -3.03. The molecule has 2 rings (SSSR count). The molecule has 3 unspecified atom stereocenters. The van der Waals surface area contributed by atoms with Gasteiger partial charge >= 0.3 is 0 Å². The molecule has 1 aliphatic carbocycles. The lowest BCUT2D eigenvalue weighted by Crippen LogP contribution is -2.41. The van der Waals surface area contributed by atoms with Crippen molar-refractivity contribution in [3.63, 3.8) is 0 Å². The first kappa shape index (κ1) is 14.3. The Hall–Kier alpha value is -0.130. The number of hydrogen-bond donors (Lipinski definition) is 1. The van der Waals surface area contributed by atoms with Crippen LogP contribution in [0.1, 0.15) is 39.5 Å². The summed E-state index contributed by atoms with van der Waals surface area (Å²) in [7, 11) is -3.03. The van der Waals surface area contributed by atoms with E-state index in [2.05, 4.69) is 13.8 Å². The average Bonchev–Trinajstić information content (AvgIpc) is 2.87. The first-order valence-electron chi connectivity index (χ1n) is 6.91. The topological polar surface area (TPSA) is 63.4 Å². The number of hydrogen-bond acceptors (Lipinski definition) is 3. The van der Waals surface area contributed by atoms with Crippen molar-refractivity contribution in [2.45, 2.75) is 45.6 Å². The van der Waals surface area contributed by atoms with Crippen LogP contribution in [-0.2, 0) is 10.0 Å². The Labute approximate surface area is 111 Å². The second-order valence-corrected chi connectivity index (χ2v) is 8.81. The summed E-state index contributed by atoms with van der Waals surface area (Å²) in [6.45, 7) is 5.88. The summed E-state index contributed by atoms with van der Waals surface area (Å²) in [5.41, 5.74) is 6.68. The number of rotatable bonds is 4. The first-order chi connectivity index (χ1) is 8.20. The van der Waals surface area contributed by atoms with Crippen LogP contribution in [0, 0.1) is 17.3 Å². The van der Waals surface area contributed by atoms with Crippen LogP contribution in [-0.4, -0.2) is 38.1 Å². The van der Waals surface area contributed by atoms with Crippen LogP contribution in [0.25, 0.3) is 0 Å². The summed E-state index contributed by atoms with van der Waals surface area (Å²) in [6, 6.07) is 0.240. The van der Waals surface area contributed by atoms with Gasteiger partial charge in [0, 0.05) is 19.1 Å². The highest BCUT2D eigenvalue weighted by molar-refractivity contribution is 7.88. The third kappa shape index (κ3) is 3.25. The molecule has 18 heavy (non-hydrogen) atoms. The van der Waals surface area contributed by atoms with Gasteiger partial charge in [-0.3, -0.25) is 0 Å². The zero-order valence-corrected chi connectivity index (χ0v) is 12.5. The lowest BCUT2D eigenvalue weighted by molar-refractivity contribution is 0.238. The molecule has 1 saturated carbocycles. The van der Waals surface area contributed by atoms with Crippen LogP contribution in [0.5, 0.6) is 0 Å². The quantitative estimate of drug-likeness (QED) is 0.843. The van der Waals surface area contributed by atoms with E-state index in [0.29, 0.717) is 30.3 Å². The Morgan fingerprint density at radius 2 is 2.06 bits per heavy atom. The van der Waals surface area contributed by atoms with E-state index in [1.54, 1.807) is 4.31 Å². The standard InChI is InChI=1S/C13H26N2O2S/c1-13(2)8-11(13)12(14)7-10-5-4-6-15(9-10)18(3,16)17/h10-12H,4-9,14H2,1-3H3. The van der Waals surface area contributed by atoms with E-state index >= 15 is 0 Å². The molecule has 2 N–H and O–H groups in total. The van der Waals surface area contributed by atoms with Crippen LogP contribution in [0.4, 0.5) is 0 Å². The molecular weight excluding hydrogens is 248 g/mol. The van der Waals surface area contributed by atoms with E-state index in [1.807, 2.05) is 0 Å². The molecule has 0 aromatic carbocycles. The normalized spacial score (nSPS) is 34.2. The van der Waals surface area contributed by atoms with Gasteiger partial charge in [0.1, 0.15) is 0 Å². The van der Waals surface area contributed by atoms with Gasteiger partial charge in [0.2, 0.25) is 10.0 Å². The molecule has 0 aromatic heterocycles. The fourth-order valence-corrected chi connectivity index (χ4v) is 4.25. The largest absolute Gasteiger partial charge is 0.327 e. The zero-order valence-electron chi connectivity index (χ0n) is 11.7. The van der Waals surface area contributed by atoms with Crippen LogP contribution in [0.3, 0.4) is 0 Å². The van der Waals surface area contributed by atoms with Crippen LogP contribution >= 0.6 is 0 Å². The second-order valence-electron chi connectivity index (χ2n) is 6.83. The number of piperidine rings is 1. The van der Waals surface area contributed by atoms with Crippen LogP contribution in [0.15, 0.2) is 0 Å².